The Labute approximate surface area is 143 Å². The molecule has 25 heavy (non-hydrogen) atoms. The van der Waals surface area contributed by atoms with Crippen molar-refractivity contribution in [2.24, 2.45) is 0 Å². The number of furan rings is 1. The Balaban J connectivity index is 1.68. The van der Waals surface area contributed by atoms with E-state index in [0.717, 1.165) is 12.1 Å². The predicted molar refractivity (Wildman–Crippen MR) is 85.7 cm³/mol. The highest BCUT2D eigenvalue weighted by molar-refractivity contribution is 5.98. The van der Waals surface area contributed by atoms with E-state index in [1.165, 1.54) is 17.2 Å². The number of rotatable bonds is 4. The Bertz CT molecular complexity index is 803. The van der Waals surface area contributed by atoms with Crippen LogP contribution in [-0.4, -0.2) is 29.3 Å². The zero-order valence-corrected chi connectivity index (χ0v) is 13.7. The van der Waals surface area contributed by atoms with E-state index in [2.05, 4.69) is 5.32 Å². The van der Waals surface area contributed by atoms with E-state index in [0.29, 0.717) is 30.7 Å². The van der Waals surface area contributed by atoms with Crippen molar-refractivity contribution in [3.63, 3.8) is 0 Å². The predicted octanol–water partition coefficient (Wildman–Crippen LogP) is 2.79. The minimum Gasteiger partial charge on any atom is -0.469 e. The maximum Gasteiger partial charge on any atom is 0.255 e. The topological polar surface area (TPSA) is 62.6 Å². The Morgan fingerprint density at radius 3 is 2.84 bits per heavy atom. The van der Waals surface area contributed by atoms with Gasteiger partial charge in [0.25, 0.3) is 5.91 Å². The molecule has 1 aromatic heterocycles. The summed E-state index contributed by atoms with van der Waals surface area (Å²) in [5, 5.41) is 2.71. The summed E-state index contributed by atoms with van der Waals surface area (Å²) >= 11 is 0. The number of halogens is 2. The number of likely N-dealkylation sites (tertiary alicyclic amines) is 1. The maximum atomic E-state index is 13.8. The molecule has 5 nitrogen and oxygen atoms in total. The summed E-state index contributed by atoms with van der Waals surface area (Å²) in [6, 6.07) is 4.16. The molecule has 1 unspecified atom stereocenters. The minimum absolute atomic E-state index is 0.0437. The van der Waals surface area contributed by atoms with Crippen LogP contribution in [0.2, 0.25) is 0 Å². The maximum absolute atomic E-state index is 13.8. The van der Waals surface area contributed by atoms with Crippen LogP contribution in [0.25, 0.3) is 0 Å². The van der Waals surface area contributed by atoms with Crippen LogP contribution in [0.4, 0.5) is 8.78 Å². The normalized spacial score (nSPS) is 17.6. The van der Waals surface area contributed by atoms with Crippen molar-refractivity contribution >= 4 is 11.8 Å². The van der Waals surface area contributed by atoms with Gasteiger partial charge in [-0.3, -0.25) is 9.59 Å². The molecule has 0 radical (unpaired) electrons. The van der Waals surface area contributed by atoms with Crippen molar-refractivity contribution < 1.29 is 22.8 Å². The van der Waals surface area contributed by atoms with Crippen LogP contribution in [0, 0.1) is 18.6 Å². The molecule has 1 N–H and O–H groups in total. The molecule has 2 heterocycles. The molecule has 3 rings (SSSR count). The third-order valence-corrected chi connectivity index (χ3v) is 4.32. The molecule has 1 fully saturated rings. The van der Waals surface area contributed by atoms with Gasteiger partial charge >= 0.3 is 0 Å². The standard InChI is InChI=1S/C18H18F2N2O3/c1-11-14(6-8-25-11)17(23)21-16-3-2-7-22(18(16)24)10-12-4-5-13(19)9-15(12)20/h4-6,8-9,16H,2-3,7,10H2,1H3,(H,21,23). The lowest BCUT2D eigenvalue weighted by Gasteiger charge is -2.32. The molecule has 0 saturated carbocycles. The van der Waals surface area contributed by atoms with Gasteiger partial charge < -0.3 is 14.6 Å². The van der Waals surface area contributed by atoms with E-state index in [1.807, 2.05) is 0 Å². The number of benzene rings is 1. The van der Waals surface area contributed by atoms with E-state index in [9.17, 15) is 18.4 Å². The lowest BCUT2D eigenvalue weighted by molar-refractivity contribution is -0.136. The average Bonchev–Trinajstić information content (AvgIpc) is 3.00. The van der Waals surface area contributed by atoms with Crippen molar-refractivity contribution in [1.82, 2.24) is 10.2 Å². The summed E-state index contributed by atoms with van der Waals surface area (Å²) in [6.07, 6.45) is 2.62. The highest BCUT2D eigenvalue weighted by Crippen LogP contribution is 2.18. The van der Waals surface area contributed by atoms with Crippen LogP contribution >= 0.6 is 0 Å². The fourth-order valence-corrected chi connectivity index (χ4v) is 2.94. The third kappa shape index (κ3) is 3.70. The van der Waals surface area contributed by atoms with E-state index in [-0.39, 0.29) is 23.9 Å². The summed E-state index contributed by atoms with van der Waals surface area (Å²) in [5.74, 6) is -1.52. The molecule has 0 aliphatic carbocycles. The van der Waals surface area contributed by atoms with Crippen molar-refractivity contribution in [3.8, 4) is 0 Å². The summed E-state index contributed by atoms with van der Waals surface area (Å²) < 4.78 is 31.9. The molecule has 0 bridgehead atoms. The molecule has 132 valence electrons. The third-order valence-electron chi connectivity index (χ3n) is 4.32. The second-order valence-corrected chi connectivity index (χ2v) is 6.05. The number of amides is 2. The van der Waals surface area contributed by atoms with Crippen molar-refractivity contribution in [2.45, 2.75) is 32.4 Å². The summed E-state index contributed by atoms with van der Waals surface area (Å²) in [4.78, 5) is 26.3. The zero-order chi connectivity index (χ0) is 18.0. The Kier molecular flexibility index (Phi) is 4.83. The zero-order valence-electron chi connectivity index (χ0n) is 13.7. The smallest absolute Gasteiger partial charge is 0.255 e. The number of carbonyl (C=O) groups excluding carboxylic acids is 2. The molecular formula is C18H18F2N2O3. The molecule has 1 aromatic carbocycles. The SMILES string of the molecule is Cc1occc1C(=O)NC1CCCN(Cc2ccc(F)cc2F)C1=O. The first-order valence-electron chi connectivity index (χ1n) is 8.03. The van der Waals surface area contributed by atoms with Gasteiger partial charge in [0, 0.05) is 24.7 Å². The van der Waals surface area contributed by atoms with Gasteiger partial charge in [0.1, 0.15) is 23.4 Å². The Hall–Kier alpha value is -2.70. The van der Waals surface area contributed by atoms with Crippen LogP contribution in [0.5, 0.6) is 0 Å². The summed E-state index contributed by atoms with van der Waals surface area (Å²) in [6.45, 7) is 2.18. The van der Waals surface area contributed by atoms with E-state index < -0.39 is 17.7 Å². The van der Waals surface area contributed by atoms with Gasteiger partial charge in [0.15, 0.2) is 0 Å². The van der Waals surface area contributed by atoms with Gasteiger partial charge in [-0.1, -0.05) is 6.07 Å². The number of nitrogens with one attached hydrogen (secondary N) is 1. The lowest BCUT2D eigenvalue weighted by Crippen LogP contribution is -2.52. The molecule has 2 aromatic rings. The minimum atomic E-state index is -0.687. The Morgan fingerprint density at radius 1 is 1.36 bits per heavy atom. The van der Waals surface area contributed by atoms with Crippen LogP contribution in [-0.2, 0) is 11.3 Å². The molecule has 1 aliphatic heterocycles. The fraction of sp³-hybridized carbons (Fsp3) is 0.333. The molecule has 7 heteroatoms. The van der Waals surface area contributed by atoms with Gasteiger partial charge in [-0.05, 0) is 31.9 Å². The quantitative estimate of drug-likeness (QED) is 0.924. The Morgan fingerprint density at radius 2 is 2.16 bits per heavy atom. The van der Waals surface area contributed by atoms with Gasteiger partial charge in [0.05, 0.1) is 11.8 Å². The second kappa shape index (κ2) is 7.04. The first kappa shape index (κ1) is 17.1. The molecular weight excluding hydrogens is 330 g/mol. The van der Waals surface area contributed by atoms with Crippen molar-refractivity contribution in [1.29, 1.82) is 0 Å². The molecule has 1 saturated heterocycles. The highest BCUT2D eigenvalue weighted by atomic mass is 19.1. The van der Waals surface area contributed by atoms with E-state index in [1.54, 1.807) is 13.0 Å². The monoisotopic (exact) mass is 348 g/mol. The highest BCUT2D eigenvalue weighted by Gasteiger charge is 2.31. The number of carbonyl (C=O) groups is 2. The van der Waals surface area contributed by atoms with E-state index in [4.69, 9.17) is 4.42 Å². The lowest BCUT2D eigenvalue weighted by atomic mass is 10.0. The molecule has 2 amide bonds. The van der Waals surface area contributed by atoms with Crippen LogP contribution in [0.15, 0.2) is 34.9 Å². The van der Waals surface area contributed by atoms with Gasteiger partial charge in [-0.15, -0.1) is 0 Å². The first-order chi connectivity index (χ1) is 12.0. The molecule has 1 atom stereocenters. The molecule has 1 aliphatic rings. The molecule has 0 spiro atoms. The van der Waals surface area contributed by atoms with Gasteiger partial charge in [-0.2, -0.15) is 0 Å². The van der Waals surface area contributed by atoms with Crippen LogP contribution in [0.3, 0.4) is 0 Å². The number of hydrogen-bond acceptors (Lipinski definition) is 3. The summed E-state index contributed by atoms with van der Waals surface area (Å²) in [7, 11) is 0. The largest absolute Gasteiger partial charge is 0.469 e. The number of nitrogens with zero attached hydrogens (tertiary/aromatic N) is 1. The van der Waals surface area contributed by atoms with Crippen molar-refractivity contribution in [3.05, 3.63) is 59.1 Å². The van der Waals surface area contributed by atoms with Crippen LogP contribution in [0.1, 0.15) is 34.5 Å². The number of hydrogen-bond donors (Lipinski definition) is 1. The first-order valence-corrected chi connectivity index (χ1v) is 8.03. The van der Waals surface area contributed by atoms with Gasteiger partial charge in [-0.25, -0.2) is 8.78 Å². The van der Waals surface area contributed by atoms with Gasteiger partial charge in [0.2, 0.25) is 5.91 Å². The van der Waals surface area contributed by atoms with E-state index >= 15 is 0 Å². The fourth-order valence-electron chi connectivity index (χ4n) is 2.94. The number of aryl methyl sites for hydroxylation is 1. The summed E-state index contributed by atoms with van der Waals surface area (Å²) in [5.41, 5.74) is 0.627. The number of piperidine rings is 1. The average molecular weight is 348 g/mol. The van der Waals surface area contributed by atoms with Crippen LogP contribution < -0.4 is 5.32 Å². The van der Waals surface area contributed by atoms with Crippen molar-refractivity contribution in [2.75, 3.05) is 6.54 Å². The second-order valence-electron chi connectivity index (χ2n) is 6.05.